The Morgan fingerprint density at radius 2 is 2.00 bits per heavy atom. The Morgan fingerprint density at radius 1 is 1.15 bits per heavy atom. The molecule has 0 unspecified atom stereocenters. The van der Waals surface area contributed by atoms with Gasteiger partial charge in [0.15, 0.2) is 0 Å². The minimum atomic E-state index is -0.776. The number of thioether (sulfide) groups is 1. The maximum Gasteiger partial charge on any atom is 0.304 e. The molecule has 0 fully saturated rings. The van der Waals surface area contributed by atoms with Crippen LogP contribution >= 0.6 is 11.8 Å². The fraction of sp³-hybridized carbons (Fsp3) is 0.300. The molecule has 1 aliphatic heterocycles. The van der Waals surface area contributed by atoms with Crippen molar-refractivity contribution in [2.45, 2.75) is 18.6 Å². The van der Waals surface area contributed by atoms with E-state index in [1.165, 1.54) is 5.56 Å². The van der Waals surface area contributed by atoms with Crippen LogP contribution in [0.25, 0.3) is 0 Å². The van der Waals surface area contributed by atoms with Crippen LogP contribution in [0.1, 0.15) is 17.5 Å². The van der Waals surface area contributed by atoms with Gasteiger partial charge >= 0.3 is 5.97 Å². The second-order valence-electron chi connectivity index (χ2n) is 6.25. The van der Waals surface area contributed by atoms with E-state index >= 15 is 0 Å². The number of fused-ring (bicyclic) bond motifs is 1. The van der Waals surface area contributed by atoms with Crippen LogP contribution < -0.4 is 10.2 Å². The SMILES string of the molecule is O=C(O)CCSCc1cccc(NC(=O)CN2CCc3ccccc32)c1. The standard InChI is InChI=1S/C20H22N2O3S/c23-19(13-22-10-8-16-5-1-2-7-18(16)22)21-17-6-3-4-15(12-17)14-26-11-9-20(24)25/h1-7,12H,8-11,13-14H2,(H,21,23)(H,24,25). The maximum atomic E-state index is 12.4. The number of hydrogen-bond acceptors (Lipinski definition) is 4. The number of carbonyl (C=O) groups excluding carboxylic acids is 1. The molecule has 0 radical (unpaired) electrons. The van der Waals surface area contributed by atoms with E-state index in [0.717, 1.165) is 35.7 Å². The summed E-state index contributed by atoms with van der Waals surface area (Å²) in [6, 6.07) is 15.9. The molecule has 1 aliphatic rings. The Kier molecular flexibility index (Phi) is 6.17. The Balaban J connectivity index is 1.52. The molecule has 0 saturated heterocycles. The van der Waals surface area contributed by atoms with E-state index in [4.69, 9.17) is 5.11 Å². The van der Waals surface area contributed by atoms with Crippen molar-refractivity contribution in [1.82, 2.24) is 0 Å². The number of carboxylic acid groups (broad SMARTS) is 1. The summed E-state index contributed by atoms with van der Waals surface area (Å²) in [6.45, 7) is 1.21. The smallest absolute Gasteiger partial charge is 0.304 e. The summed E-state index contributed by atoms with van der Waals surface area (Å²) in [4.78, 5) is 25.0. The molecule has 6 heteroatoms. The highest BCUT2D eigenvalue weighted by Crippen LogP contribution is 2.27. The van der Waals surface area contributed by atoms with Crippen LogP contribution in [0.5, 0.6) is 0 Å². The first-order valence-electron chi connectivity index (χ1n) is 8.63. The number of hydrogen-bond donors (Lipinski definition) is 2. The van der Waals surface area contributed by atoms with Crippen molar-refractivity contribution in [2.24, 2.45) is 0 Å². The molecule has 26 heavy (non-hydrogen) atoms. The summed E-state index contributed by atoms with van der Waals surface area (Å²) in [5, 5.41) is 11.6. The number of amides is 1. The molecule has 1 amide bonds. The van der Waals surface area contributed by atoms with Gasteiger partial charge in [-0.2, -0.15) is 11.8 Å². The maximum absolute atomic E-state index is 12.4. The first-order chi connectivity index (χ1) is 12.6. The molecule has 5 nitrogen and oxygen atoms in total. The van der Waals surface area contributed by atoms with Gasteiger partial charge in [0.05, 0.1) is 13.0 Å². The number of carboxylic acids is 1. The molecule has 2 N–H and O–H groups in total. The first-order valence-corrected chi connectivity index (χ1v) is 9.78. The summed E-state index contributed by atoms with van der Waals surface area (Å²) in [6.07, 6.45) is 1.14. The van der Waals surface area contributed by atoms with E-state index in [-0.39, 0.29) is 12.3 Å². The monoisotopic (exact) mass is 370 g/mol. The van der Waals surface area contributed by atoms with Crippen LogP contribution in [-0.4, -0.2) is 35.8 Å². The third-order valence-corrected chi connectivity index (χ3v) is 5.29. The summed E-state index contributed by atoms with van der Waals surface area (Å²) in [7, 11) is 0. The van der Waals surface area contributed by atoms with Gasteiger partial charge in [-0.3, -0.25) is 9.59 Å². The van der Waals surface area contributed by atoms with Crippen molar-refractivity contribution in [3.8, 4) is 0 Å². The van der Waals surface area contributed by atoms with E-state index in [1.807, 2.05) is 36.4 Å². The van der Waals surface area contributed by atoms with Crippen molar-refractivity contribution in [1.29, 1.82) is 0 Å². The minimum Gasteiger partial charge on any atom is -0.481 e. The van der Waals surface area contributed by atoms with E-state index in [9.17, 15) is 9.59 Å². The predicted molar refractivity (Wildman–Crippen MR) is 106 cm³/mol. The van der Waals surface area contributed by atoms with Crippen LogP contribution in [-0.2, 0) is 21.8 Å². The van der Waals surface area contributed by atoms with E-state index in [2.05, 4.69) is 22.3 Å². The average molecular weight is 370 g/mol. The number of rotatable bonds is 8. The highest BCUT2D eigenvalue weighted by atomic mass is 32.2. The summed E-state index contributed by atoms with van der Waals surface area (Å²) >= 11 is 1.58. The van der Waals surface area contributed by atoms with E-state index in [0.29, 0.717) is 12.3 Å². The molecular weight excluding hydrogens is 348 g/mol. The number of para-hydroxylation sites is 1. The van der Waals surface area contributed by atoms with E-state index < -0.39 is 5.97 Å². The van der Waals surface area contributed by atoms with Gasteiger partial charge in [-0.1, -0.05) is 30.3 Å². The molecule has 1 heterocycles. The molecule has 0 aromatic heterocycles. The normalized spacial score (nSPS) is 12.7. The third-order valence-electron chi connectivity index (χ3n) is 4.26. The lowest BCUT2D eigenvalue weighted by atomic mass is 10.2. The number of carbonyl (C=O) groups is 2. The number of nitrogens with one attached hydrogen (secondary N) is 1. The molecule has 0 bridgehead atoms. The van der Waals surface area contributed by atoms with Crippen molar-refractivity contribution in [2.75, 3.05) is 29.1 Å². The third kappa shape index (κ3) is 5.02. The van der Waals surface area contributed by atoms with Gasteiger partial charge in [0.1, 0.15) is 0 Å². The Morgan fingerprint density at radius 3 is 2.85 bits per heavy atom. The number of anilines is 2. The molecule has 3 rings (SSSR count). The quantitative estimate of drug-likeness (QED) is 0.697. The van der Waals surface area contributed by atoms with Gasteiger partial charge in [0.25, 0.3) is 0 Å². The van der Waals surface area contributed by atoms with Crippen LogP contribution in [0, 0.1) is 0 Å². The Hall–Kier alpha value is -2.47. The molecule has 136 valence electrons. The molecule has 0 aliphatic carbocycles. The summed E-state index contributed by atoms with van der Waals surface area (Å²) in [5.74, 6) is 0.510. The average Bonchev–Trinajstić information content (AvgIpc) is 3.02. The van der Waals surface area contributed by atoms with Crippen LogP contribution in [0.2, 0.25) is 0 Å². The topological polar surface area (TPSA) is 69.6 Å². The number of benzene rings is 2. The Labute approximate surface area is 157 Å². The van der Waals surface area contributed by atoms with Gasteiger partial charge in [0, 0.05) is 29.4 Å². The summed E-state index contributed by atoms with van der Waals surface area (Å²) < 4.78 is 0. The number of aliphatic carboxylic acids is 1. The van der Waals surface area contributed by atoms with Crippen LogP contribution in [0.4, 0.5) is 11.4 Å². The molecule has 2 aromatic rings. The van der Waals surface area contributed by atoms with Crippen molar-refractivity contribution >= 4 is 35.0 Å². The van der Waals surface area contributed by atoms with E-state index in [1.54, 1.807) is 11.8 Å². The van der Waals surface area contributed by atoms with Crippen molar-refractivity contribution in [3.63, 3.8) is 0 Å². The minimum absolute atomic E-state index is 0.0302. The fourth-order valence-corrected chi connectivity index (χ4v) is 3.91. The molecule has 0 spiro atoms. The van der Waals surface area contributed by atoms with Crippen molar-refractivity contribution in [3.05, 3.63) is 59.7 Å². The first kappa shape index (κ1) is 18.3. The highest BCUT2D eigenvalue weighted by molar-refractivity contribution is 7.98. The summed E-state index contributed by atoms with van der Waals surface area (Å²) in [5.41, 5.74) is 4.29. The molecule has 2 aromatic carbocycles. The second kappa shape index (κ2) is 8.76. The molecular formula is C20H22N2O3S. The van der Waals surface area contributed by atoms with Crippen molar-refractivity contribution < 1.29 is 14.7 Å². The van der Waals surface area contributed by atoms with Crippen LogP contribution in [0.15, 0.2) is 48.5 Å². The lowest BCUT2D eigenvalue weighted by molar-refractivity contribution is -0.136. The lowest BCUT2D eigenvalue weighted by Crippen LogP contribution is -2.31. The number of nitrogens with zero attached hydrogens (tertiary/aromatic N) is 1. The Bertz CT molecular complexity index is 794. The van der Waals surface area contributed by atoms with Gasteiger partial charge in [-0.25, -0.2) is 0 Å². The van der Waals surface area contributed by atoms with Crippen LogP contribution in [0.3, 0.4) is 0 Å². The lowest BCUT2D eigenvalue weighted by Gasteiger charge is -2.18. The molecule has 0 atom stereocenters. The van der Waals surface area contributed by atoms with Gasteiger partial charge in [0.2, 0.25) is 5.91 Å². The fourth-order valence-electron chi connectivity index (χ4n) is 3.03. The zero-order valence-electron chi connectivity index (χ0n) is 14.5. The largest absolute Gasteiger partial charge is 0.481 e. The predicted octanol–water partition coefficient (Wildman–Crippen LogP) is 3.40. The van der Waals surface area contributed by atoms with Gasteiger partial charge in [-0.05, 0) is 35.7 Å². The zero-order valence-corrected chi connectivity index (χ0v) is 15.3. The highest BCUT2D eigenvalue weighted by Gasteiger charge is 2.20. The molecule has 0 saturated carbocycles. The zero-order chi connectivity index (χ0) is 18.4. The second-order valence-corrected chi connectivity index (χ2v) is 7.35. The van der Waals surface area contributed by atoms with Gasteiger partial charge in [-0.15, -0.1) is 0 Å². The van der Waals surface area contributed by atoms with Gasteiger partial charge < -0.3 is 15.3 Å².